The van der Waals surface area contributed by atoms with Gasteiger partial charge in [-0.3, -0.25) is 0 Å². The summed E-state index contributed by atoms with van der Waals surface area (Å²) >= 11 is 3.48. The molecule has 0 saturated carbocycles. The van der Waals surface area contributed by atoms with Gasteiger partial charge in [-0.1, -0.05) is 18.2 Å². The molecular weight excluding hydrogens is 330 g/mol. The zero-order valence-corrected chi connectivity index (χ0v) is 14.1. The van der Waals surface area contributed by atoms with Crippen LogP contribution in [0.1, 0.15) is 29.7 Å². The monoisotopic (exact) mass is 349 g/mol. The number of methoxy groups -OCH3 is 1. The van der Waals surface area contributed by atoms with E-state index in [4.69, 9.17) is 15.2 Å². The van der Waals surface area contributed by atoms with Crippen LogP contribution in [0.15, 0.2) is 40.9 Å². The summed E-state index contributed by atoms with van der Waals surface area (Å²) in [6, 6.07) is 12.0. The summed E-state index contributed by atoms with van der Waals surface area (Å²) in [7, 11) is 1.65. The molecule has 1 atom stereocenters. The van der Waals surface area contributed by atoms with Crippen molar-refractivity contribution in [3.8, 4) is 11.5 Å². The van der Waals surface area contributed by atoms with Crippen LogP contribution >= 0.6 is 15.9 Å². The predicted octanol–water partition coefficient (Wildman–Crippen LogP) is 4.36. The van der Waals surface area contributed by atoms with Gasteiger partial charge in [-0.25, -0.2) is 0 Å². The van der Waals surface area contributed by atoms with E-state index in [2.05, 4.69) is 22.0 Å². The highest BCUT2D eigenvalue weighted by atomic mass is 79.9. The van der Waals surface area contributed by atoms with Crippen molar-refractivity contribution in [2.24, 2.45) is 5.73 Å². The Balaban J connectivity index is 2.16. The van der Waals surface area contributed by atoms with E-state index in [9.17, 15) is 0 Å². The highest BCUT2D eigenvalue weighted by Crippen LogP contribution is 2.28. The molecule has 2 N–H and O–H groups in total. The minimum absolute atomic E-state index is 0.0526. The Morgan fingerprint density at radius 3 is 2.52 bits per heavy atom. The second-order valence-electron chi connectivity index (χ2n) is 5.09. The maximum Gasteiger partial charge on any atom is 0.133 e. The van der Waals surface area contributed by atoms with Crippen LogP contribution in [0, 0.1) is 6.92 Å². The Morgan fingerprint density at radius 2 is 1.90 bits per heavy atom. The summed E-state index contributed by atoms with van der Waals surface area (Å²) in [5, 5.41) is 0. The minimum atomic E-state index is -0.0526. The van der Waals surface area contributed by atoms with Gasteiger partial charge in [0.25, 0.3) is 0 Å². The molecule has 0 spiro atoms. The summed E-state index contributed by atoms with van der Waals surface area (Å²) < 4.78 is 12.1. The lowest BCUT2D eigenvalue weighted by atomic mass is 10.1. The Morgan fingerprint density at radius 1 is 1.14 bits per heavy atom. The van der Waals surface area contributed by atoms with Gasteiger partial charge in [-0.15, -0.1) is 0 Å². The number of hydrogen-bond donors (Lipinski definition) is 1. The number of ether oxygens (including phenoxy) is 2. The maximum atomic E-state index is 5.99. The lowest BCUT2D eigenvalue weighted by Crippen LogP contribution is -2.08. The maximum absolute atomic E-state index is 5.99. The minimum Gasteiger partial charge on any atom is -0.496 e. The number of aryl methyl sites for hydroxylation is 1. The molecular formula is C17H20BrNO2. The van der Waals surface area contributed by atoms with Crippen molar-refractivity contribution in [1.29, 1.82) is 0 Å². The Hall–Kier alpha value is -1.52. The largest absolute Gasteiger partial charge is 0.496 e. The molecule has 0 aliphatic rings. The van der Waals surface area contributed by atoms with Gasteiger partial charge in [-0.2, -0.15) is 0 Å². The van der Waals surface area contributed by atoms with Crippen LogP contribution in [0.25, 0.3) is 0 Å². The SMILES string of the molecule is COc1ccc(COc2cc(C)ccc2C(C)N)cc1Br. The second kappa shape index (κ2) is 6.96. The summed E-state index contributed by atoms with van der Waals surface area (Å²) in [6.07, 6.45) is 0. The normalized spacial score (nSPS) is 12.0. The molecule has 0 bridgehead atoms. The van der Waals surface area contributed by atoms with Crippen molar-refractivity contribution in [2.45, 2.75) is 26.5 Å². The third-order valence-electron chi connectivity index (χ3n) is 3.27. The quantitative estimate of drug-likeness (QED) is 0.871. The zero-order valence-electron chi connectivity index (χ0n) is 12.5. The van der Waals surface area contributed by atoms with Crippen molar-refractivity contribution < 1.29 is 9.47 Å². The lowest BCUT2D eigenvalue weighted by Gasteiger charge is -2.15. The highest BCUT2D eigenvalue weighted by Gasteiger charge is 2.09. The van der Waals surface area contributed by atoms with E-state index in [0.29, 0.717) is 6.61 Å². The van der Waals surface area contributed by atoms with Gasteiger partial charge >= 0.3 is 0 Å². The molecule has 0 amide bonds. The van der Waals surface area contributed by atoms with Crippen LogP contribution in [-0.2, 0) is 6.61 Å². The number of hydrogen-bond acceptors (Lipinski definition) is 3. The topological polar surface area (TPSA) is 44.5 Å². The predicted molar refractivity (Wildman–Crippen MR) is 88.8 cm³/mol. The van der Waals surface area contributed by atoms with E-state index in [1.54, 1.807) is 7.11 Å². The van der Waals surface area contributed by atoms with E-state index in [1.807, 2.05) is 44.2 Å². The summed E-state index contributed by atoms with van der Waals surface area (Å²) in [6.45, 7) is 4.50. The summed E-state index contributed by atoms with van der Waals surface area (Å²) in [5.41, 5.74) is 9.24. The van der Waals surface area contributed by atoms with Crippen LogP contribution < -0.4 is 15.2 Å². The van der Waals surface area contributed by atoms with E-state index in [1.165, 1.54) is 0 Å². The molecule has 0 fully saturated rings. The molecule has 0 aromatic heterocycles. The van der Waals surface area contributed by atoms with Crippen molar-refractivity contribution in [3.63, 3.8) is 0 Å². The fourth-order valence-electron chi connectivity index (χ4n) is 2.10. The first-order valence-electron chi connectivity index (χ1n) is 6.82. The molecule has 0 saturated heterocycles. The first-order chi connectivity index (χ1) is 10.0. The van der Waals surface area contributed by atoms with Gasteiger partial charge in [0.05, 0.1) is 11.6 Å². The van der Waals surface area contributed by atoms with Gasteiger partial charge in [-0.05, 0) is 59.1 Å². The molecule has 112 valence electrons. The van der Waals surface area contributed by atoms with Gasteiger partial charge in [0.1, 0.15) is 18.1 Å². The Kier molecular flexibility index (Phi) is 5.26. The van der Waals surface area contributed by atoms with Gasteiger partial charge in [0.15, 0.2) is 0 Å². The number of nitrogens with two attached hydrogens (primary N) is 1. The van der Waals surface area contributed by atoms with Crippen LogP contribution in [0.4, 0.5) is 0 Å². The molecule has 3 nitrogen and oxygen atoms in total. The van der Waals surface area contributed by atoms with E-state index < -0.39 is 0 Å². The fourth-order valence-corrected chi connectivity index (χ4v) is 2.69. The Bertz CT molecular complexity index is 626. The average Bonchev–Trinajstić information content (AvgIpc) is 2.45. The van der Waals surface area contributed by atoms with Gasteiger partial charge in [0, 0.05) is 11.6 Å². The Labute approximate surface area is 134 Å². The third kappa shape index (κ3) is 3.99. The van der Waals surface area contributed by atoms with Crippen molar-refractivity contribution in [3.05, 3.63) is 57.6 Å². The molecule has 2 aromatic carbocycles. The van der Waals surface area contributed by atoms with E-state index in [0.717, 1.165) is 32.7 Å². The number of benzene rings is 2. The molecule has 2 rings (SSSR count). The number of rotatable bonds is 5. The van der Waals surface area contributed by atoms with E-state index >= 15 is 0 Å². The molecule has 2 aromatic rings. The second-order valence-corrected chi connectivity index (χ2v) is 5.94. The van der Waals surface area contributed by atoms with Crippen molar-refractivity contribution in [1.82, 2.24) is 0 Å². The highest BCUT2D eigenvalue weighted by molar-refractivity contribution is 9.10. The summed E-state index contributed by atoms with van der Waals surface area (Å²) in [5.74, 6) is 1.66. The molecule has 0 radical (unpaired) electrons. The molecule has 4 heteroatoms. The average molecular weight is 350 g/mol. The van der Waals surface area contributed by atoms with Gasteiger partial charge < -0.3 is 15.2 Å². The standard InChI is InChI=1S/C17H20BrNO2/c1-11-4-6-14(12(2)19)17(8-11)21-10-13-5-7-16(20-3)15(18)9-13/h4-9,12H,10,19H2,1-3H3. The third-order valence-corrected chi connectivity index (χ3v) is 3.89. The van der Waals surface area contributed by atoms with Gasteiger partial charge in [0.2, 0.25) is 0 Å². The van der Waals surface area contributed by atoms with E-state index in [-0.39, 0.29) is 6.04 Å². The smallest absolute Gasteiger partial charge is 0.133 e. The molecule has 0 aliphatic carbocycles. The summed E-state index contributed by atoms with van der Waals surface area (Å²) in [4.78, 5) is 0. The zero-order chi connectivity index (χ0) is 15.4. The van der Waals surface area contributed by atoms with Crippen molar-refractivity contribution >= 4 is 15.9 Å². The number of halogens is 1. The van der Waals surface area contributed by atoms with Crippen LogP contribution in [-0.4, -0.2) is 7.11 Å². The first kappa shape index (κ1) is 15.9. The van der Waals surface area contributed by atoms with Crippen LogP contribution in [0.5, 0.6) is 11.5 Å². The molecule has 0 heterocycles. The lowest BCUT2D eigenvalue weighted by molar-refractivity contribution is 0.301. The molecule has 0 aliphatic heterocycles. The molecule has 1 unspecified atom stereocenters. The fraction of sp³-hybridized carbons (Fsp3) is 0.294. The van der Waals surface area contributed by atoms with Crippen molar-refractivity contribution in [2.75, 3.05) is 7.11 Å². The first-order valence-corrected chi connectivity index (χ1v) is 7.62. The van der Waals surface area contributed by atoms with Crippen LogP contribution in [0.3, 0.4) is 0 Å². The van der Waals surface area contributed by atoms with Crippen LogP contribution in [0.2, 0.25) is 0 Å². The molecule has 21 heavy (non-hydrogen) atoms.